The number of nitrogens with zero attached hydrogens (tertiary/aromatic N) is 3. The van der Waals surface area contributed by atoms with E-state index in [1.54, 1.807) is 12.1 Å². The van der Waals surface area contributed by atoms with Gasteiger partial charge in [0.05, 0.1) is 12.1 Å². The molecule has 1 aliphatic heterocycles. The molecule has 3 rings (SSSR count). The zero-order chi connectivity index (χ0) is 21.0. The molecule has 1 N–H and O–H groups in total. The van der Waals surface area contributed by atoms with E-state index < -0.39 is 11.7 Å². The average Bonchev–Trinajstić information content (AvgIpc) is 2.90. The largest absolute Gasteiger partial charge is 0.417 e. The molecule has 1 saturated heterocycles. The minimum Gasteiger partial charge on any atom is -0.355 e. The number of aryl methyl sites for hydroxylation is 1. The van der Waals surface area contributed by atoms with Crippen molar-refractivity contribution in [3.05, 3.63) is 52.7 Å². The number of aromatic nitrogens is 1. The number of alkyl halides is 3. The van der Waals surface area contributed by atoms with Crippen LogP contribution in [0.4, 0.5) is 24.7 Å². The van der Waals surface area contributed by atoms with Crippen molar-refractivity contribution in [1.29, 1.82) is 0 Å². The van der Waals surface area contributed by atoms with Crippen molar-refractivity contribution < 1.29 is 18.0 Å². The number of amides is 1. The highest BCUT2D eigenvalue weighted by Crippen LogP contribution is 2.29. The third kappa shape index (κ3) is 5.83. The van der Waals surface area contributed by atoms with E-state index in [-0.39, 0.29) is 12.5 Å². The molecule has 0 aliphatic carbocycles. The summed E-state index contributed by atoms with van der Waals surface area (Å²) in [4.78, 5) is 20.3. The van der Waals surface area contributed by atoms with Crippen LogP contribution in [0.5, 0.6) is 0 Å². The predicted octanol–water partition coefficient (Wildman–Crippen LogP) is 4.21. The quantitative estimate of drug-likeness (QED) is 0.795. The van der Waals surface area contributed by atoms with E-state index in [9.17, 15) is 18.0 Å². The first-order chi connectivity index (χ1) is 13.7. The van der Waals surface area contributed by atoms with Gasteiger partial charge in [-0.25, -0.2) is 4.98 Å². The van der Waals surface area contributed by atoms with Crippen LogP contribution in [0.15, 0.2) is 36.5 Å². The number of hydrogen-bond acceptors (Lipinski definition) is 4. The molecular weight excluding hydrogens is 405 g/mol. The molecule has 0 radical (unpaired) electrons. The Labute approximate surface area is 172 Å². The maximum absolute atomic E-state index is 12.7. The molecule has 1 fully saturated rings. The maximum Gasteiger partial charge on any atom is 0.417 e. The minimum atomic E-state index is -4.39. The van der Waals surface area contributed by atoms with Gasteiger partial charge in [0.1, 0.15) is 5.82 Å². The van der Waals surface area contributed by atoms with E-state index in [4.69, 9.17) is 11.6 Å². The fraction of sp³-hybridized carbons (Fsp3) is 0.400. The van der Waals surface area contributed by atoms with Gasteiger partial charge < -0.3 is 10.2 Å². The number of carbonyl (C=O) groups is 1. The SMILES string of the molecule is Cc1ccc(Cl)cc1NC(=O)CN1CCCN(c2ccc(C(F)(F)F)cn2)CC1. The van der Waals surface area contributed by atoms with Gasteiger partial charge in [0, 0.05) is 43.1 Å². The van der Waals surface area contributed by atoms with Gasteiger partial charge in [0.15, 0.2) is 0 Å². The van der Waals surface area contributed by atoms with Crippen molar-refractivity contribution in [1.82, 2.24) is 9.88 Å². The number of halogens is 4. The second kappa shape index (κ2) is 9.00. The predicted molar refractivity (Wildman–Crippen MR) is 107 cm³/mol. The number of carbonyl (C=O) groups excluding carboxylic acids is 1. The van der Waals surface area contributed by atoms with Crippen LogP contribution in [-0.2, 0) is 11.0 Å². The summed E-state index contributed by atoms with van der Waals surface area (Å²) < 4.78 is 38.1. The van der Waals surface area contributed by atoms with E-state index in [2.05, 4.69) is 10.3 Å². The van der Waals surface area contributed by atoms with Crippen molar-refractivity contribution in [3.8, 4) is 0 Å². The third-order valence-corrected chi connectivity index (χ3v) is 5.06. The van der Waals surface area contributed by atoms with Gasteiger partial charge in [0.2, 0.25) is 5.91 Å². The van der Waals surface area contributed by atoms with Gasteiger partial charge >= 0.3 is 6.18 Å². The van der Waals surface area contributed by atoms with Crippen LogP contribution in [-0.4, -0.2) is 48.5 Å². The topological polar surface area (TPSA) is 48.5 Å². The fourth-order valence-electron chi connectivity index (χ4n) is 3.22. The van der Waals surface area contributed by atoms with Crippen molar-refractivity contribution in [2.75, 3.05) is 42.9 Å². The number of nitrogens with one attached hydrogen (secondary N) is 1. The summed E-state index contributed by atoms with van der Waals surface area (Å²) in [5.41, 5.74) is 0.858. The Bertz CT molecular complexity index is 858. The van der Waals surface area contributed by atoms with Crippen molar-refractivity contribution in [2.24, 2.45) is 0 Å². The first-order valence-corrected chi connectivity index (χ1v) is 9.67. The Morgan fingerprint density at radius 1 is 1.17 bits per heavy atom. The average molecular weight is 427 g/mol. The molecule has 0 atom stereocenters. The lowest BCUT2D eigenvalue weighted by atomic mass is 10.2. The smallest absolute Gasteiger partial charge is 0.355 e. The van der Waals surface area contributed by atoms with Crippen LogP contribution >= 0.6 is 11.6 Å². The number of rotatable bonds is 4. The summed E-state index contributed by atoms with van der Waals surface area (Å²) in [6, 6.07) is 7.78. The molecular formula is C20H22ClF3N4O. The molecule has 2 aromatic rings. The minimum absolute atomic E-state index is 0.128. The molecule has 1 aromatic carbocycles. The van der Waals surface area contributed by atoms with Crippen LogP contribution in [0.2, 0.25) is 5.02 Å². The zero-order valence-electron chi connectivity index (χ0n) is 16.0. The number of benzene rings is 1. The van der Waals surface area contributed by atoms with Gasteiger partial charge in [0.25, 0.3) is 0 Å². The summed E-state index contributed by atoms with van der Waals surface area (Å²) in [7, 11) is 0. The molecule has 2 heterocycles. The highest BCUT2D eigenvalue weighted by molar-refractivity contribution is 6.31. The summed E-state index contributed by atoms with van der Waals surface area (Å²) in [5.74, 6) is 0.385. The monoisotopic (exact) mass is 426 g/mol. The summed E-state index contributed by atoms with van der Waals surface area (Å²) in [6.07, 6.45) is -2.75. The van der Waals surface area contributed by atoms with Crippen LogP contribution in [0.1, 0.15) is 17.5 Å². The van der Waals surface area contributed by atoms with E-state index >= 15 is 0 Å². The number of pyridine rings is 1. The molecule has 1 aliphatic rings. The molecule has 156 valence electrons. The molecule has 1 aromatic heterocycles. The highest BCUT2D eigenvalue weighted by atomic mass is 35.5. The van der Waals surface area contributed by atoms with E-state index in [0.717, 1.165) is 30.8 Å². The van der Waals surface area contributed by atoms with Crippen molar-refractivity contribution in [2.45, 2.75) is 19.5 Å². The standard InChI is InChI=1S/C20H22ClF3N4O/c1-14-3-5-16(21)11-17(14)26-19(29)13-27-7-2-8-28(10-9-27)18-6-4-15(12-25-18)20(22,23)24/h3-6,11-12H,2,7-10,13H2,1H3,(H,26,29). The van der Waals surface area contributed by atoms with Crippen LogP contribution in [0.25, 0.3) is 0 Å². The lowest BCUT2D eigenvalue weighted by Gasteiger charge is -2.23. The molecule has 5 nitrogen and oxygen atoms in total. The summed E-state index contributed by atoms with van der Waals surface area (Å²) in [6.45, 7) is 4.72. The molecule has 0 spiro atoms. The van der Waals surface area contributed by atoms with Gasteiger partial charge in [-0.05, 0) is 43.2 Å². The van der Waals surface area contributed by atoms with Crippen molar-refractivity contribution in [3.63, 3.8) is 0 Å². The Morgan fingerprint density at radius 2 is 1.97 bits per heavy atom. The maximum atomic E-state index is 12.7. The molecule has 0 bridgehead atoms. The molecule has 0 unspecified atom stereocenters. The lowest BCUT2D eigenvalue weighted by molar-refractivity contribution is -0.137. The van der Waals surface area contributed by atoms with Gasteiger partial charge in [-0.15, -0.1) is 0 Å². The summed E-state index contributed by atoms with van der Waals surface area (Å²) in [5, 5.41) is 3.44. The van der Waals surface area contributed by atoms with Crippen LogP contribution in [0, 0.1) is 6.92 Å². The van der Waals surface area contributed by atoms with Crippen LogP contribution < -0.4 is 10.2 Å². The van der Waals surface area contributed by atoms with E-state index in [1.165, 1.54) is 6.07 Å². The highest BCUT2D eigenvalue weighted by Gasteiger charge is 2.31. The number of hydrogen-bond donors (Lipinski definition) is 1. The lowest BCUT2D eigenvalue weighted by Crippen LogP contribution is -2.36. The van der Waals surface area contributed by atoms with Gasteiger partial charge in [-0.2, -0.15) is 13.2 Å². The zero-order valence-corrected chi connectivity index (χ0v) is 16.7. The van der Waals surface area contributed by atoms with Gasteiger partial charge in [-0.3, -0.25) is 9.69 Å². The molecule has 0 saturated carbocycles. The molecule has 9 heteroatoms. The Hall–Kier alpha value is -2.32. The molecule has 1 amide bonds. The molecule has 29 heavy (non-hydrogen) atoms. The Kier molecular flexibility index (Phi) is 6.64. The Balaban J connectivity index is 1.55. The Morgan fingerprint density at radius 3 is 2.66 bits per heavy atom. The van der Waals surface area contributed by atoms with Crippen LogP contribution in [0.3, 0.4) is 0 Å². The first kappa shape index (κ1) is 21.4. The normalized spacial score (nSPS) is 15.8. The van der Waals surface area contributed by atoms with E-state index in [1.807, 2.05) is 22.8 Å². The third-order valence-electron chi connectivity index (χ3n) is 4.83. The van der Waals surface area contributed by atoms with Gasteiger partial charge in [-0.1, -0.05) is 17.7 Å². The fourth-order valence-corrected chi connectivity index (χ4v) is 3.39. The second-order valence-electron chi connectivity index (χ2n) is 7.03. The van der Waals surface area contributed by atoms with Crippen molar-refractivity contribution >= 4 is 29.0 Å². The number of anilines is 2. The summed E-state index contributed by atoms with van der Waals surface area (Å²) >= 11 is 5.99. The first-order valence-electron chi connectivity index (χ1n) is 9.29. The van der Waals surface area contributed by atoms with E-state index in [0.29, 0.717) is 36.2 Å². The second-order valence-corrected chi connectivity index (χ2v) is 7.46.